The monoisotopic (exact) mass is 248 g/mol. The second-order valence-corrected chi connectivity index (χ2v) is 4.07. The number of methoxy groups -OCH3 is 1. The van der Waals surface area contributed by atoms with Crippen LogP contribution in [-0.2, 0) is 0 Å². The zero-order valence-corrected chi connectivity index (χ0v) is 10.2. The Morgan fingerprint density at radius 3 is 2.71 bits per heavy atom. The Labute approximate surface area is 105 Å². The lowest BCUT2D eigenvalue weighted by atomic mass is 10.0. The van der Waals surface area contributed by atoms with Gasteiger partial charge < -0.3 is 10.5 Å². The summed E-state index contributed by atoms with van der Waals surface area (Å²) in [4.78, 5) is 4.05. The molecule has 2 N–H and O–H groups in total. The number of nitrogens with zero attached hydrogens (tertiary/aromatic N) is 1. The molecule has 0 aliphatic heterocycles. The van der Waals surface area contributed by atoms with Crippen molar-refractivity contribution in [3.05, 3.63) is 58.9 Å². The van der Waals surface area contributed by atoms with Gasteiger partial charge in [0.1, 0.15) is 5.75 Å². The summed E-state index contributed by atoms with van der Waals surface area (Å²) in [5, 5.41) is 0.560. The van der Waals surface area contributed by atoms with E-state index in [0.29, 0.717) is 10.8 Å². The van der Waals surface area contributed by atoms with E-state index in [1.54, 1.807) is 19.5 Å². The van der Waals surface area contributed by atoms with Crippen molar-refractivity contribution in [2.45, 2.75) is 6.04 Å². The van der Waals surface area contributed by atoms with Crippen LogP contribution >= 0.6 is 11.6 Å². The van der Waals surface area contributed by atoms with E-state index in [-0.39, 0.29) is 6.04 Å². The van der Waals surface area contributed by atoms with Crippen molar-refractivity contribution < 1.29 is 4.74 Å². The van der Waals surface area contributed by atoms with Crippen LogP contribution in [-0.4, -0.2) is 12.1 Å². The summed E-state index contributed by atoms with van der Waals surface area (Å²) in [6.45, 7) is 0. The smallest absolute Gasteiger partial charge is 0.137 e. The summed E-state index contributed by atoms with van der Waals surface area (Å²) in [6.07, 6.45) is 3.47. The molecule has 1 atom stereocenters. The summed E-state index contributed by atoms with van der Waals surface area (Å²) in [5.41, 5.74) is 8.02. The first-order valence-electron chi connectivity index (χ1n) is 5.21. The third-order valence-corrected chi connectivity index (χ3v) is 2.87. The van der Waals surface area contributed by atoms with Crippen LogP contribution in [0.2, 0.25) is 5.02 Å². The van der Waals surface area contributed by atoms with Crippen molar-refractivity contribution >= 4 is 11.6 Å². The number of benzene rings is 1. The van der Waals surface area contributed by atoms with Crippen LogP contribution < -0.4 is 10.5 Å². The molecule has 0 saturated carbocycles. The minimum Gasteiger partial charge on any atom is -0.495 e. The van der Waals surface area contributed by atoms with E-state index in [1.807, 2.05) is 30.3 Å². The van der Waals surface area contributed by atoms with Gasteiger partial charge in [-0.3, -0.25) is 4.98 Å². The number of hydrogen-bond donors (Lipinski definition) is 1. The summed E-state index contributed by atoms with van der Waals surface area (Å²) < 4.78 is 5.10. The number of pyridine rings is 1. The van der Waals surface area contributed by atoms with Crippen molar-refractivity contribution in [3.8, 4) is 5.75 Å². The van der Waals surface area contributed by atoms with Gasteiger partial charge in [-0.1, -0.05) is 23.7 Å². The van der Waals surface area contributed by atoms with Gasteiger partial charge in [0, 0.05) is 12.4 Å². The van der Waals surface area contributed by atoms with Gasteiger partial charge >= 0.3 is 0 Å². The minimum absolute atomic E-state index is 0.230. The fourth-order valence-electron chi connectivity index (χ4n) is 1.63. The lowest BCUT2D eigenvalue weighted by Crippen LogP contribution is -2.11. The van der Waals surface area contributed by atoms with Crippen LogP contribution in [0.25, 0.3) is 0 Å². The Morgan fingerprint density at radius 1 is 1.29 bits per heavy atom. The summed E-state index contributed by atoms with van der Waals surface area (Å²) >= 11 is 6.06. The molecule has 0 fully saturated rings. The molecule has 0 saturated heterocycles. The van der Waals surface area contributed by atoms with Crippen molar-refractivity contribution in [1.29, 1.82) is 0 Å². The van der Waals surface area contributed by atoms with E-state index in [2.05, 4.69) is 4.98 Å². The molecular formula is C13H13ClN2O. The van der Waals surface area contributed by atoms with Crippen LogP contribution in [0.3, 0.4) is 0 Å². The molecule has 1 aromatic carbocycles. The van der Waals surface area contributed by atoms with E-state index in [9.17, 15) is 0 Å². The first kappa shape index (κ1) is 11.9. The topological polar surface area (TPSA) is 48.1 Å². The molecule has 0 radical (unpaired) electrons. The van der Waals surface area contributed by atoms with Gasteiger partial charge in [-0.15, -0.1) is 0 Å². The fraction of sp³-hybridized carbons (Fsp3) is 0.154. The Hall–Kier alpha value is -1.58. The van der Waals surface area contributed by atoms with Crippen molar-refractivity contribution in [3.63, 3.8) is 0 Å². The number of rotatable bonds is 3. The van der Waals surface area contributed by atoms with Gasteiger partial charge in [-0.2, -0.15) is 0 Å². The Morgan fingerprint density at radius 2 is 2.12 bits per heavy atom. The first-order valence-corrected chi connectivity index (χ1v) is 5.59. The zero-order valence-electron chi connectivity index (χ0n) is 9.43. The second-order valence-electron chi connectivity index (χ2n) is 3.66. The normalized spacial score (nSPS) is 12.2. The second kappa shape index (κ2) is 5.17. The Bertz CT molecular complexity index is 502. The largest absolute Gasteiger partial charge is 0.495 e. The van der Waals surface area contributed by atoms with E-state index in [1.165, 1.54) is 0 Å². The molecule has 17 heavy (non-hydrogen) atoms. The number of ether oxygens (including phenoxy) is 1. The third-order valence-electron chi connectivity index (χ3n) is 2.58. The number of hydrogen-bond acceptors (Lipinski definition) is 3. The van der Waals surface area contributed by atoms with Crippen LogP contribution in [0.15, 0.2) is 42.7 Å². The molecule has 0 spiro atoms. The molecule has 88 valence electrons. The molecule has 1 unspecified atom stereocenters. The van der Waals surface area contributed by atoms with E-state index < -0.39 is 0 Å². The predicted molar refractivity (Wildman–Crippen MR) is 68.3 cm³/mol. The van der Waals surface area contributed by atoms with Gasteiger partial charge in [0.15, 0.2) is 0 Å². The van der Waals surface area contributed by atoms with E-state index in [4.69, 9.17) is 22.1 Å². The molecule has 0 aliphatic rings. The number of aromatic nitrogens is 1. The molecule has 0 amide bonds. The molecular weight excluding hydrogens is 236 g/mol. The molecule has 4 heteroatoms. The first-order chi connectivity index (χ1) is 8.22. The van der Waals surface area contributed by atoms with Gasteiger partial charge in [0.05, 0.1) is 18.2 Å². The standard InChI is InChI=1S/C13H13ClN2O/c1-17-12-5-4-9(7-11(12)14)13(15)10-3-2-6-16-8-10/h2-8,13H,15H2,1H3. The van der Waals surface area contributed by atoms with Crippen molar-refractivity contribution in [1.82, 2.24) is 4.98 Å². The van der Waals surface area contributed by atoms with Crippen molar-refractivity contribution in [2.75, 3.05) is 7.11 Å². The highest BCUT2D eigenvalue weighted by Crippen LogP contribution is 2.28. The summed E-state index contributed by atoms with van der Waals surface area (Å²) in [7, 11) is 1.59. The lowest BCUT2D eigenvalue weighted by molar-refractivity contribution is 0.415. The SMILES string of the molecule is COc1ccc(C(N)c2cccnc2)cc1Cl. The minimum atomic E-state index is -0.230. The highest BCUT2D eigenvalue weighted by atomic mass is 35.5. The Kier molecular flexibility index (Phi) is 3.61. The van der Waals surface area contributed by atoms with Crippen LogP contribution in [0.1, 0.15) is 17.2 Å². The zero-order chi connectivity index (χ0) is 12.3. The van der Waals surface area contributed by atoms with Crippen molar-refractivity contribution in [2.24, 2.45) is 5.73 Å². The quantitative estimate of drug-likeness (QED) is 0.909. The predicted octanol–water partition coefficient (Wildman–Crippen LogP) is 2.79. The summed E-state index contributed by atoms with van der Waals surface area (Å²) in [6, 6.07) is 9.11. The maximum absolute atomic E-state index is 6.14. The lowest BCUT2D eigenvalue weighted by Gasteiger charge is -2.13. The molecule has 2 rings (SSSR count). The molecule has 0 bridgehead atoms. The van der Waals surface area contributed by atoms with Gasteiger partial charge in [-0.05, 0) is 29.3 Å². The van der Waals surface area contributed by atoms with E-state index >= 15 is 0 Å². The van der Waals surface area contributed by atoms with Gasteiger partial charge in [0.25, 0.3) is 0 Å². The number of halogens is 1. The van der Waals surface area contributed by atoms with Gasteiger partial charge in [-0.25, -0.2) is 0 Å². The highest BCUT2D eigenvalue weighted by Gasteiger charge is 2.11. The molecule has 0 aliphatic carbocycles. The van der Waals surface area contributed by atoms with Gasteiger partial charge in [0.2, 0.25) is 0 Å². The molecule has 2 aromatic rings. The molecule has 3 nitrogen and oxygen atoms in total. The summed E-state index contributed by atoms with van der Waals surface area (Å²) in [5.74, 6) is 0.647. The average Bonchev–Trinajstić information content (AvgIpc) is 2.39. The highest BCUT2D eigenvalue weighted by molar-refractivity contribution is 6.32. The fourth-order valence-corrected chi connectivity index (χ4v) is 1.89. The molecule has 1 aromatic heterocycles. The Balaban J connectivity index is 2.32. The maximum Gasteiger partial charge on any atom is 0.137 e. The third kappa shape index (κ3) is 2.57. The average molecular weight is 249 g/mol. The maximum atomic E-state index is 6.14. The van der Waals surface area contributed by atoms with Crippen LogP contribution in [0, 0.1) is 0 Å². The van der Waals surface area contributed by atoms with Crippen LogP contribution in [0.5, 0.6) is 5.75 Å². The van der Waals surface area contributed by atoms with Crippen LogP contribution in [0.4, 0.5) is 0 Å². The molecule has 1 heterocycles. The number of nitrogens with two attached hydrogens (primary N) is 1. The van der Waals surface area contributed by atoms with E-state index in [0.717, 1.165) is 11.1 Å².